The molecule has 0 bridgehead atoms. The van der Waals surface area contributed by atoms with E-state index in [0.29, 0.717) is 25.1 Å². The summed E-state index contributed by atoms with van der Waals surface area (Å²) >= 11 is 0. The first-order valence-electron chi connectivity index (χ1n) is 8.89. The number of halogens is 4. The molecule has 0 spiro atoms. The number of likely N-dealkylation sites (tertiary alicyclic amines) is 1. The van der Waals surface area contributed by atoms with Gasteiger partial charge in [0.05, 0.1) is 0 Å². The van der Waals surface area contributed by atoms with Crippen molar-refractivity contribution in [3.8, 4) is 0 Å². The number of rotatable bonds is 4. The van der Waals surface area contributed by atoms with Crippen molar-refractivity contribution < 1.29 is 22.4 Å². The average molecular weight is 393 g/mol. The van der Waals surface area contributed by atoms with Crippen molar-refractivity contribution in [2.24, 2.45) is 0 Å². The van der Waals surface area contributed by atoms with Gasteiger partial charge in [-0.1, -0.05) is 30.7 Å². The highest BCUT2D eigenvalue weighted by Crippen LogP contribution is 2.27. The van der Waals surface area contributed by atoms with Gasteiger partial charge in [-0.15, -0.1) is 0 Å². The number of hydrogen-bond donors (Lipinski definition) is 1. The zero-order valence-electron chi connectivity index (χ0n) is 15.2. The minimum absolute atomic E-state index is 0.0274. The molecule has 0 aliphatic carbocycles. The summed E-state index contributed by atoms with van der Waals surface area (Å²) in [7, 11) is 0. The van der Waals surface area contributed by atoms with Gasteiger partial charge in [0.25, 0.3) is 5.91 Å². The summed E-state index contributed by atoms with van der Waals surface area (Å²) in [6.07, 6.45) is 0.477. The van der Waals surface area contributed by atoms with Crippen molar-refractivity contribution >= 4 is 17.8 Å². The lowest BCUT2D eigenvalue weighted by Gasteiger charge is -2.30. The second-order valence-corrected chi connectivity index (χ2v) is 6.43. The van der Waals surface area contributed by atoms with Crippen molar-refractivity contribution in [1.29, 1.82) is 0 Å². The van der Waals surface area contributed by atoms with Crippen molar-refractivity contribution in [1.82, 2.24) is 9.88 Å². The summed E-state index contributed by atoms with van der Waals surface area (Å²) in [6, 6.07) is 7.88. The molecule has 4 nitrogen and oxygen atoms in total. The van der Waals surface area contributed by atoms with E-state index < -0.39 is 41.2 Å². The first-order valence-corrected chi connectivity index (χ1v) is 8.89. The fraction of sp³-hybridized carbons (Fsp3) is 0.300. The van der Waals surface area contributed by atoms with Crippen LogP contribution in [0.25, 0.3) is 6.08 Å². The topological polar surface area (TPSA) is 45.2 Å². The van der Waals surface area contributed by atoms with Crippen LogP contribution in [0, 0.1) is 17.5 Å². The summed E-state index contributed by atoms with van der Waals surface area (Å²) in [5.41, 5.74) is 0.268. The predicted octanol–water partition coefficient (Wildman–Crippen LogP) is 4.55. The van der Waals surface area contributed by atoms with Crippen LogP contribution in [0.2, 0.25) is 0 Å². The van der Waals surface area contributed by atoms with Gasteiger partial charge in [-0.05, 0) is 31.2 Å². The molecule has 0 radical (unpaired) electrons. The molecule has 148 valence electrons. The van der Waals surface area contributed by atoms with E-state index in [1.807, 2.05) is 6.92 Å². The summed E-state index contributed by atoms with van der Waals surface area (Å²) in [6.45, 7) is 2.81. The zero-order valence-corrected chi connectivity index (χ0v) is 15.2. The summed E-state index contributed by atoms with van der Waals surface area (Å²) in [4.78, 5) is 17.5. The molecule has 2 aromatic rings. The molecule has 1 aliphatic heterocycles. The summed E-state index contributed by atoms with van der Waals surface area (Å²) < 4.78 is 56.3. The molecular weight excluding hydrogens is 374 g/mol. The number of nitrogens with one attached hydrogen (secondary N) is 1. The minimum Gasteiger partial charge on any atom is -0.304 e. The number of amides is 1. The number of aromatic nitrogens is 1. The van der Waals surface area contributed by atoms with E-state index in [0.717, 1.165) is 0 Å². The van der Waals surface area contributed by atoms with E-state index in [1.165, 1.54) is 18.2 Å². The van der Waals surface area contributed by atoms with Crippen LogP contribution in [0.15, 0.2) is 35.9 Å². The standard InChI is InChI=1S/C20H19F4N3O/c1-2-27-9-8-12(11-15(27)21)10-14-16(22)17(23)18(24)19(25-14)26-20(28)13-6-4-3-5-7-13/h3-7,10,15H,2,8-9,11H2,1H3,(H,25,26,28)/b12-10+. The highest BCUT2D eigenvalue weighted by molar-refractivity contribution is 6.03. The number of hydrogen-bond acceptors (Lipinski definition) is 3. The molecule has 1 saturated heterocycles. The van der Waals surface area contributed by atoms with Gasteiger partial charge in [0.1, 0.15) is 5.69 Å². The Hall–Kier alpha value is -2.74. The second kappa shape index (κ2) is 8.52. The Bertz CT molecular complexity index is 902. The lowest BCUT2D eigenvalue weighted by molar-refractivity contribution is 0.0718. The quantitative estimate of drug-likeness (QED) is 0.613. The normalized spacial score (nSPS) is 19.0. The number of benzene rings is 1. The van der Waals surface area contributed by atoms with Gasteiger partial charge in [-0.2, -0.15) is 4.39 Å². The molecule has 1 aromatic heterocycles. The van der Waals surface area contributed by atoms with E-state index in [-0.39, 0.29) is 12.0 Å². The van der Waals surface area contributed by atoms with E-state index in [4.69, 9.17) is 0 Å². The first kappa shape index (κ1) is 20.0. The molecule has 1 aromatic carbocycles. The molecule has 1 atom stereocenters. The SMILES string of the molecule is CCN1CC/C(=C\c2nc(NC(=O)c3ccccc3)c(F)c(F)c2F)CC1F. The van der Waals surface area contributed by atoms with Crippen molar-refractivity contribution in [2.75, 3.05) is 18.4 Å². The monoisotopic (exact) mass is 393 g/mol. The van der Waals surface area contributed by atoms with Crippen LogP contribution in [-0.2, 0) is 0 Å². The van der Waals surface area contributed by atoms with Gasteiger partial charge >= 0.3 is 0 Å². The highest BCUT2D eigenvalue weighted by Gasteiger charge is 2.25. The van der Waals surface area contributed by atoms with Gasteiger partial charge in [-0.25, -0.2) is 18.2 Å². The lowest BCUT2D eigenvalue weighted by atomic mass is 10.0. The maximum atomic E-state index is 14.2. The van der Waals surface area contributed by atoms with Gasteiger partial charge < -0.3 is 5.32 Å². The smallest absolute Gasteiger partial charge is 0.256 e. The maximum absolute atomic E-state index is 14.2. The van der Waals surface area contributed by atoms with Gasteiger partial charge in [-0.3, -0.25) is 9.69 Å². The third kappa shape index (κ3) is 4.22. The first-order chi connectivity index (χ1) is 13.4. The maximum Gasteiger partial charge on any atom is 0.256 e. The van der Waals surface area contributed by atoms with Crippen molar-refractivity contribution in [3.63, 3.8) is 0 Å². The molecule has 1 aliphatic rings. The van der Waals surface area contributed by atoms with Crippen molar-refractivity contribution in [3.05, 3.63) is 64.6 Å². The van der Waals surface area contributed by atoms with Crippen LogP contribution in [-0.4, -0.2) is 35.2 Å². The number of anilines is 1. The van der Waals surface area contributed by atoms with E-state index in [1.54, 1.807) is 23.1 Å². The fourth-order valence-electron chi connectivity index (χ4n) is 3.03. The molecule has 1 N–H and O–H groups in total. The zero-order chi connectivity index (χ0) is 20.3. The third-order valence-corrected chi connectivity index (χ3v) is 4.61. The molecule has 28 heavy (non-hydrogen) atoms. The Labute approximate surface area is 159 Å². The third-order valence-electron chi connectivity index (χ3n) is 4.61. The Morgan fingerprint density at radius 3 is 2.57 bits per heavy atom. The number of alkyl halides is 1. The number of carbonyl (C=O) groups excluding carboxylic acids is 1. The summed E-state index contributed by atoms with van der Waals surface area (Å²) in [5, 5.41) is 2.15. The molecule has 8 heteroatoms. The number of pyridine rings is 1. The van der Waals surface area contributed by atoms with Crippen LogP contribution < -0.4 is 5.32 Å². The van der Waals surface area contributed by atoms with Gasteiger partial charge in [0, 0.05) is 18.5 Å². The number of piperidine rings is 1. The van der Waals surface area contributed by atoms with E-state index in [9.17, 15) is 22.4 Å². The van der Waals surface area contributed by atoms with E-state index in [2.05, 4.69) is 10.3 Å². The lowest BCUT2D eigenvalue weighted by Crippen LogP contribution is -2.37. The van der Waals surface area contributed by atoms with Crippen LogP contribution >= 0.6 is 0 Å². The molecule has 1 amide bonds. The van der Waals surface area contributed by atoms with E-state index >= 15 is 0 Å². The Morgan fingerprint density at radius 2 is 1.93 bits per heavy atom. The molecule has 2 heterocycles. The van der Waals surface area contributed by atoms with Gasteiger partial charge in [0.2, 0.25) is 11.6 Å². The predicted molar refractivity (Wildman–Crippen MR) is 97.9 cm³/mol. The second-order valence-electron chi connectivity index (χ2n) is 6.43. The highest BCUT2D eigenvalue weighted by atomic mass is 19.2. The molecule has 1 fully saturated rings. The van der Waals surface area contributed by atoms with Crippen LogP contribution in [0.3, 0.4) is 0 Å². The van der Waals surface area contributed by atoms with Crippen LogP contribution in [0.1, 0.15) is 35.8 Å². The molecule has 1 unspecified atom stereocenters. The molecular formula is C20H19F4N3O. The largest absolute Gasteiger partial charge is 0.304 e. The fourth-order valence-corrected chi connectivity index (χ4v) is 3.03. The minimum atomic E-state index is -1.74. The number of nitrogens with zero attached hydrogens (tertiary/aromatic N) is 2. The van der Waals surface area contributed by atoms with Crippen LogP contribution in [0.4, 0.5) is 23.4 Å². The molecule has 0 saturated carbocycles. The van der Waals surface area contributed by atoms with Crippen molar-refractivity contribution in [2.45, 2.75) is 26.1 Å². The Kier molecular flexibility index (Phi) is 6.08. The summed E-state index contributed by atoms with van der Waals surface area (Å²) in [5.74, 6) is -6.24. The Morgan fingerprint density at radius 1 is 1.21 bits per heavy atom. The Balaban J connectivity index is 1.89. The van der Waals surface area contributed by atoms with Gasteiger partial charge in [0.15, 0.2) is 17.9 Å². The molecule has 3 rings (SSSR count). The number of carbonyl (C=O) groups is 1. The van der Waals surface area contributed by atoms with Crippen LogP contribution in [0.5, 0.6) is 0 Å². The average Bonchev–Trinajstić information content (AvgIpc) is 2.70.